The number of amides is 1. The lowest BCUT2D eigenvalue weighted by atomic mass is 10.3. The first kappa shape index (κ1) is 15.5. The topological polar surface area (TPSA) is 47.6 Å². The van der Waals surface area contributed by atoms with Crippen molar-refractivity contribution in [3.8, 4) is 11.5 Å². The second-order valence-electron chi connectivity index (χ2n) is 4.27. The van der Waals surface area contributed by atoms with Crippen LogP contribution in [0.25, 0.3) is 0 Å². The molecule has 2 aromatic rings. The smallest absolute Gasteiger partial charge is 0.250 e. The third-order valence-corrected chi connectivity index (χ3v) is 3.15. The van der Waals surface area contributed by atoms with Crippen molar-refractivity contribution < 1.29 is 14.3 Å². The molecule has 0 saturated carbocycles. The van der Waals surface area contributed by atoms with E-state index in [1.54, 1.807) is 24.3 Å². The second-order valence-corrected chi connectivity index (χ2v) is 5.18. The van der Waals surface area contributed by atoms with Gasteiger partial charge in [-0.05, 0) is 55.5 Å². The summed E-state index contributed by atoms with van der Waals surface area (Å²) in [5.41, 5.74) is 0.711. The Hall–Kier alpha value is -1.85. The first-order chi connectivity index (χ1) is 10.2. The number of anilines is 1. The zero-order valence-electron chi connectivity index (χ0n) is 11.6. The number of hydrogen-bond donors (Lipinski definition) is 1. The molecule has 0 saturated heterocycles. The van der Waals surface area contributed by atoms with Gasteiger partial charge in [-0.2, -0.15) is 0 Å². The average molecular weight is 350 g/mol. The molecule has 0 aromatic heterocycles. The van der Waals surface area contributed by atoms with E-state index in [1.807, 2.05) is 31.2 Å². The van der Waals surface area contributed by atoms with Gasteiger partial charge in [0.1, 0.15) is 18.1 Å². The maximum Gasteiger partial charge on any atom is 0.250 e. The summed E-state index contributed by atoms with van der Waals surface area (Å²) in [7, 11) is 0. The number of nitrogens with one attached hydrogen (secondary N) is 1. The lowest BCUT2D eigenvalue weighted by Crippen LogP contribution is -2.18. The van der Waals surface area contributed by atoms with E-state index in [0.717, 1.165) is 10.2 Å². The summed E-state index contributed by atoms with van der Waals surface area (Å²) in [6.07, 6.45) is 0. The normalized spacial score (nSPS) is 10.2. The molecule has 0 atom stereocenters. The highest BCUT2D eigenvalue weighted by molar-refractivity contribution is 9.10. The Morgan fingerprint density at radius 1 is 1.05 bits per heavy atom. The minimum atomic E-state index is -0.168. The summed E-state index contributed by atoms with van der Waals surface area (Å²) in [6.45, 7) is 2.43. The second kappa shape index (κ2) is 7.81. The number of carbonyl (C=O) groups excluding carboxylic acids is 1. The molecule has 1 N–H and O–H groups in total. The fourth-order valence-corrected chi connectivity index (χ4v) is 1.90. The Balaban J connectivity index is 1.92. The largest absolute Gasteiger partial charge is 0.457 e. The number of carbonyl (C=O) groups is 1. The molecule has 0 aliphatic rings. The van der Waals surface area contributed by atoms with Crippen LogP contribution >= 0.6 is 15.9 Å². The molecular formula is C16H16BrNO3. The maximum atomic E-state index is 11.5. The van der Waals surface area contributed by atoms with Gasteiger partial charge in [-0.3, -0.25) is 4.79 Å². The van der Waals surface area contributed by atoms with Gasteiger partial charge in [0.05, 0.1) is 0 Å². The van der Waals surface area contributed by atoms with Gasteiger partial charge >= 0.3 is 0 Å². The molecule has 0 spiro atoms. The van der Waals surface area contributed by atoms with Crippen LogP contribution in [0.5, 0.6) is 11.5 Å². The SMILES string of the molecule is CCOCC(=O)Nc1ccc(Oc2ccc(Br)cc2)cc1. The molecule has 0 bridgehead atoms. The Morgan fingerprint density at radius 3 is 2.19 bits per heavy atom. The molecule has 0 unspecified atom stereocenters. The van der Waals surface area contributed by atoms with Crippen molar-refractivity contribution in [3.05, 3.63) is 53.0 Å². The fourth-order valence-electron chi connectivity index (χ4n) is 1.64. The Labute approximate surface area is 132 Å². The van der Waals surface area contributed by atoms with Gasteiger partial charge in [-0.15, -0.1) is 0 Å². The number of hydrogen-bond acceptors (Lipinski definition) is 3. The minimum Gasteiger partial charge on any atom is -0.457 e. The highest BCUT2D eigenvalue weighted by Gasteiger charge is 2.03. The quantitative estimate of drug-likeness (QED) is 0.849. The monoisotopic (exact) mass is 349 g/mol. The van der Waals surface area contributed by atoms with E-state index < -0.39 is 0 Å². The van der Waals surface area contributed by atoms with Gasteiger partial charge in [0.25, 0.3) is 0 Å². The van der Waals surface area contributed by atoms with E-state index in [4.69, 9.17) is 9.47 Å². The third-order valence-electron chi connectivity index (χ3n) is 2.62. The van der Waals surface area contributed by atoms with Crippen LogP contribution in [0.3, 0.4) is 0 Å². The van der Waals surface area contributed by atoms with Crippen LogP contribution in [0, 0.1) is 0 Å². The van der Waals surface area contributed by atoms with Crippen molar-refractivity contribution in [2.24, 2.45) is 0 Å². The van der Waals surface area contributed by atoms with Gasteiger partial charge in [-0.25, -0.2) is 0 Å². The Bertz CT molecular complexity index is 581. The predicted octanol–water partition coefficient (Wildman–Crippen LogP) is 4.22. The molecule has 2 rings (SSSR count). The van der Waals surface area contributed by atoms with Gasteiger partial charge in [-0.1, -0.05) is 15.9 Å². The van der Waals surface area contributed by atoms with Crippen molar-refractivity contribution in [3.63, 3.8) is 0 Å². The predicted molar refractivity (Wildman–Crippen MR) is 85.8 cm³/mol. The van der Waals surface area contributed by atoms with Crippen LogP contribution in [-0.2, 0) is 9.53 Å². The van der Waals surface area contributed by atoms with Gasteiger partial charge < -0.3 is 14.8 Å². The number of rotatable bonds is 6. The summed E-state index contributed by atoms with van der Waals surface area (Å²) in [6, 6.07) is 14.8. The lowest BCUT2D eigenvalue weighted by Gasteiger charge is -2.08. The average Bonchev–Trinajstić information content (AvgIpc) is 2.49. The molecular weight excluding hydrogens is 334 g/mol. The van der Waals surface area contributed by atoms with Gasteiger partial charge in [0, 0.05) is 16.8 Å². The van der Waals surface area contributed by atoms with Crippen LogP contribution in [0.4, 0.5) is 5.69 Å². The van der Waals surface area contributed by atoms with Crippen molar-refractivity contribution in [1.82, 2.24) is 0 Å². The van der Waals surface area contributed by atoms with Crippen LogP contribution in [0.15, 0.2) is 53.0 Å². The molecule has 0 fully saturated rings. The van der Waals surface area contributed by atoms with Gasteiger partial charge in [0.15, 0.2) is 0 Å². The molecule has 0 radical (unpaired) electrons. The van der Waals surface area contributed by atoms with Crippen LogP contribution in [0.2, 0.25) is 0 Å². The van der Waals surface area contributed by atoms with E-state index in [1.165, 1.54) is 0 Å². The van der Waals surface area contributed by atoms with E-state index in [-0.39, 0.29) is 12.5 Å². The summed E-state index contributed by atoms with van der Waals surface area (Å²) in [5, 5.41) is 2.75. The van der Waals surface area contributed by atoms with E-state index in [2.05, 4.69) is 21.2 Å². The first-order valence-corrected chi connectivity index (χ1v) is 7.38. The number of benzene rings is 2. The van der Waals surface area contributed by atoms with E-state index >= 15 is 0 Å². The molecule has 0 heterocycles. The molecule has 21 heavy (non-hydrogen) atoms. The first-order valence-electron chi connectivity index (χ1n) is 6.58. The highest BCUT2D eigenvalue weighted by Crippen LogP contribution is 2.24. The van der Waals surface area contributed by atoms with Crippen LogP contribution in [0.1, 0.15) is 6.92 Å². The van der Waals surface area contributed by atoms with Crippen LogP contribution in [-0.4, -0.2) is 19.1 Å². The van der Waals surface area contributed by atoms with Crippen molar-refractivity contribution in [1.29, 1.82) is 0 Å². The number of halogens is 1. The zero-order chi connectivity index (χ0) is 15.1. The van der Waals surface area contributed by atoms with E-state index in [0.29, 0.717) is 18.0 Å². The summed E-state index contributed by atoms with van der Waals surface area (Å²) in [5.74, 6) is 1.30. The highest BCUT2D eigenvalue weighted by atomic mass is 79.9. The molecule has 1 amide bonds. The zero-order valence-corrected chi connectivity index (χ0v) is 13.2. The fraction of sp³-hybridized carbons (Fsp3) is 0.188. The Kier molecular flexibility index (Phi) is 5.78. The van der Waals surface area contributed by atoms with Crippen LogP contribution < -0.4 is 10.1 Å². The van der Waals surface area contributed by atoms with Gasteiger partial charge in [0.2, 0.25) is 5.91 Å². The molecule has 4 nitrogen and oxygen atoms in total. The third kappa shape index (κ3) is 5.21. The van der Waals surface area contributed by atoms with Crippen molar-refractivity contribution >= 4 is 27.5 Å². The Morgan fingerprint density at radius 2 is 1.62 bits per heavy atom. The molecule has 0 aliphatic heterocycles. The van der Waals surface area contributed by atoms with Crippen molar-refractivity contribution in [2.45, 2.75) is 6.92 Å². The summed E-state index contributed by atoms with van der Waals surface area (Å²) in [4.78, 5) is 11.5. The molecule has 5 heteroatoms. The molecule has 0 aliphatic carbocycles. The molecule has 110 valence electrons. The molecule has 2 aromatic carbocycles. The van der Waals surface area contributed by atoms with E-state index in [9.17, 15) is 4.79 Å². The minimum absolute atomic E-state index is 0.0631. The van der Waals surface area contributed by atoms with Crippen molar-refractivity contribution in [2.75, 3.05) is 18.5 Å². The summed E-state index contributed by atoms with van der Waals surface area (Å²) < 4.78 is 11.7. The summed E-state index contributed by atoms with van der Waals surface area (Å²) >= 11 is 3.38. The maximum absolute atomic E-state index is 11.5. The lowest BCUT2D eigenvalue weighted by molar-refractivity contribution is -0.120. The standard InChI is InChI=1S/C16H16BrNO3/c1-2-20-11-16(19)18-13-5-9-15(10-6-13)21-14-7-3-12(17)4-8-14/h3-10H,2,11H2,1H3,(H,18,19). The number of ether oxygens (including phenoxy) is 2.